The molecule has 6 nitrogen and oxygen atoms in total. The molecule has 1 fully saturated rings. The summed E-state index contributed by atoms with van der Waals surface area (Å²) >= 11 is 0. The number of nitrogens with zero attached hydrogens (tertiary/aromatic N) is 3. The van der Waals surface area contributed by atoms with Gasteiger partial charge in [-0.15, -0.1) is 0 Å². The molecule has 2 heterocycles. The lowest BCUT2D eigenvalue weighted by atomic mass is 9.96. The topological polar surface area (TPSA) is 56.6 Å². The monoisotopic (exact) mass is 419 g/mol. The van der Waals surface area contributed by atoms with Crippen LogP contribution in [0.25, 0.3) is 11.4 Å². The SMILES string of the molecule is COc1ccc(CC(=O)N2CCC(Cn3ccnc3-c3ccccc3)CC2)cc1OC. The molecule has 1 amide bonds. The Morgan fingerprint density at radius 2 is 1.77 bits per heavy atom. The average molecular weight is 420 g/mol. The largest absolute Gasteiger partial charge is 0.493 e. The molecule has 31 heavy (non-hydrogen) atoms. The highest BCUT2D eigenvalue weighted by molar-refractivity contribution is 5.79. The van der Waals surface area contributed by atoms with E-state index in [1.54, 1.807) is 14.2 Å². The molecule has 0 aliphatic carbocycles. The summed E-state index contributed by atoms with van der Waals surface area (Å²) in [4.78, 5) is 19.4. The Kier molecular flexibility index (Phi) is 6.55. The molecule has 0 spiro atoms. The number of aromatic nitrogens is 2. The van der Waals surface area contributed by atoms with E-state index in [4.69, 9.17) is 9.47 Å². The molecule has 1 aromatic heterocycles. The number of hydrogen-bond acceptors (Lipinski definition) is 4. The minimum Gasteiger partial charge on any atom is -0.493 e. The number of carbonyl (C=O) groups excluding carboxylic acids is 1. The predicted molar refractivity (Wildman–Crippen MR) is 120 cm³/mol. The van der Waals surface area contributed by atoms with E-state index in [0.29, 0.717) is 23.8 Å². The van der Waals surface area contributed by atoms with Crippen LogP contribution in [0.15, 0.2) is 60.9 Å². The Morgan fingerprint density at radius 3 is 2.48 bits per heavy atom. The van der Waals surface area contributed by atoms with Crippen LogP contribution < -0.4 is 9.47 Å². The number of rotatable bonds is 7. The highest BCUT2D eigenvalue weighted by Crippen LogP contribution is 2.28. The van der Waals surface area contributed by atoms with Crippen molar-refractivity contribution >= 4 is 5.91 Å². The summed E-state index contributed by atoms with van der Waals surface area (Å²) in [7, 11) is 3.22. The van der Waals surface area contributed by atoms with Gasteiger partial charge in [-0.25, -0.2) is 4.98 Å². The van der Waals surface area contributed by atoms with Gasteiger partial charge in [0.05, 0.1) is 20.6 Å². The third-order valence-corrected chi connectivity index (χ3v) is 5.97. The van der Waals surface area contributed by atoms with Gasteiger partial charge in [0.25, 0.3) is 0 Å². The Balaban J connectivity index is 1.32. The van der Waals surface area contributed by atoms with Crippen LogP contribution in [0.4, 0.5) is 0 Å². The summed E-state index contributed by atoms with van der Waals surface area (Å²) < 4.78 is 12.9. The first-order valence-electron chi connectivity index (χ1n) is 10.7. The molecule has 4 rings (SSSR count). The summed E-state index contributed by atoms with van der Waals surface area (Å²) in [5.41, 5.74) is 2.07. The van der Waals surface area contributed by atoms with Crippen molar-refractivity contribution in [1.29, 1.82) is 0 Å². The van der Waals surface area contributed by atoms with E-state index in [0.717, 1.165) is 49.4 Å². The Labute approximate surface area is 183 Å². The zero-order chi connectivity index (χ0) is 21.6. The molecule has 0 unspecified atom stereocenters. The minimum atomic E-state index is 0.165. The number of ether oxygens (including phenoxy) is 2. The van der Waals surface area contributed by atoms with Crippen LogP contribution in [0.1, 0.15) is 18.4 Å². The second kappa shape index (κ2) is 9.69. The fraction of sp³-hybridized carbons (Fsp3) is 0.360. The normalized spacial score (nSPS) is 14.5. The van der Waals surface area contributed by atoms with Crippen molar-refractivity contribution in [2.45, 2.75) is 25.8 Å². The fourth-order valence-electron chi connectivity index (χ4n) is 4.22. The summed E-state index contributed by atoms with van der Waals surface area (Å²) in [5.74, 6) is 3.04. The minimum absolute atomic E-state index is 0.165. The Morgan fingerprint density at radius 1 is 1.03 bits per heavy atom. The van der Waals surface area contributed by atoms with Crippen molar-refractivity contribution in [2.75, 3.05) is 27.3 Å². The molecule has 3 aromatic rings. The summed E-state index contributed by atoms with van der Waals surface area (Å²) in [6.45, 7) is 2.53. The van der Waals surface area contributed by atoms with Crippen molar-refractivity contribution in [1.82, 2.24) is 14.5 Å². The van der Waals surface area contributed by atoms with E-state index in [-0.39, 0.29) is 5.91 Å². The van der Waals surface area contributed by atoms with E-state index in [2.05, 4.69) is 27.9 Å². The zero-order valence-electron chi connectivity index (χ0n) is 18.2. The first-order valence-corrected chi connectivity index (χ1v) is 10.7. The van der Waals surface area contributed by atoms with Crippen molar-refractivity contribution in [3.05, 3.63) is 66.5 Å². The standard InChI is InChI=1S/C25H29N3O3/c1-30-22-9-8-20(16-23(22)31-2)17-24(29)27-13-10-19(11-14-27)18-28-15-12-26-25(28)21-6-4-3-5-7-21/h3-9,12,15-16,19H,10-11,13-14,17-18H2,1-2H3. The van der Waals surface area contributed by atoms with Gasteiger partial charge in [0.2, 0.25) is 5.91 Å². The third kappa shape index (κ3) is 4.90. The lowest BCUT2D eigenvalue weighted by molar-refractivity contribution is -0.131. The highest BCUT2D eigenvalue weighted by atomic mass is 16.5. The molecule has 0 bridgehead atoms. The van der Waals surface area contributed by atoms with Crippen LogP contribution in [-0.4, -0.2) is 47.7 Å². The number of benzene rings is 2. The quantitative estimate of drug-likeness (QED) is 0.580. The molecular weight excluding hydrogens is 390 g/mol. The smallest absolute Gasteiger partial charge is 0.226 e. The van der Waals surface area contributed by atoms with Crippen molar-refractivity contribution in [3.63, 3.8) is 0 Å². The van der Waals surface area contributed by atoms with Crippen LogP contribution in [0.5, 0.6) is 11.5 Å². The number of amides is 1. The van der Waals surface area contributed by atoms with Crippen LogP contribution in [0.3, 0.4) is 0 Å². The van der Waals surface area contributed by atoms with Crippen LogP contribution in [-0.2, 0) is 17.8 Å². The molecule has 0 saturated carbocycles. The highest BCUT2D eigenvalue weighted by Gasteiger charge is 2.24. The summed E-state index contributed by atoms with van der Waals surface area (Å²) in [5, 5.41) is 0. The van der Waals surface area contributed by atoms with E-state index in [1.165, 1.54) is 0 Å². The molecule has 6 heteroatoms. The van der Waals surface area contributed by atoms with Gasteiger partial charge in [-0.1, -0.05) is 36.4 Å². The third-order valence-electron chi connectivity index (χ3n) is 5.97. The number of hydrogen-bond donors (Lipinski definition) is 0. The van der Waals surface area contributed by atoms with Crippen molar-refractivity contribution in [2.24, 2.45) is 5.92 Å². The molecule has 162 valence electrons. The molecule has 0 radical (unpaired) electrons. The maximum absolute atomic E-state index is 12.8. The van der Waals surface area contributed by atoms with Gasteiger partial charge in [-0.05, 0) is 36.5 Å². The molecule has 0 atom stereocenters. The van der Waals surface area contributed by atoms with Gasteiger partial charge in [-0.2, -0.15) is 0 Å². The lowest BCUT2D eigenvalue weighted by Crippen LogP contribution is -2.40. The molecule has 0 N–H and O–H groups in total. The van der Waals surface area contributed by atoms with Crippen molar-refractivity contribution < 1.29 is 14.3 Å². The lowest BCUT2D eigenvalue weighted by Gasteiger charge is -2.32. The van der Waals surface area contributed by atoms with E-state index in [1.807, 2.05) is 47.5 Å². The zero-order valence-corrected chi connectivity index (χ0v) is 18.2. The van der Waals surface area contributed by atoms with Gasteiger partial charge >= 0.3 is 0 Å². The molecule has 2 aromatic carbocycles. The van der Waals surface area contributed by atoms with E-state index in [9.17, 15) is 4.79 Å². The second-order valence-electron chi connectivity index (χ2n) is 7.96. The number of methoxy groups -OCH3 is 2. The first-order chi connectivity index (χ1) is 15.2. The molecule has 1 saturated heterocycles. The maximum atomic E-state index is 12.8. The fourth-order valence-corrected chi connectivity index (χ4v) is 4.22. The van der Waals surface area contributed by atoms with Crippen LogP contribution >= 0.6 is 0 Å². The van der Waals surface area contributed by atoms with Crippen LogP contribution in [0.2, 0.25) is 0 Å². The Bertz CT molecular complexity index is 1010. The van der Waals surface area contributed by atoms with Gasteiger partial charge in [0.1, 0.15) is 5.82 Å². The van der Waals surface area contributed by atoms with Gasteiger partial charge in [0, 0.05) is 37.6 Å². The van der Waals surface area contributed by atoms with E-state index >= 15 is 0 Å². The summed E-state index contributed by atoms with van der Waals surface area (Å²) in [6.07, 6.45) is 6.31. The Hall–Kier alpha value is -3.28. The van der Waals surface area contributed by atoms with Crippen LogP contribution in [0, 0.1) is 5.92 Å². The molecule has 1 aliphatic rings. The number of piperidine rings is 1. The molecular formula is C25H29N3O3. The number of carbonyl (C=O) groups is 1. The second-order valence-corrected chi connectivity index (χ2v) is 7.96. The average Bonchev–Trinajstić information content (AvgIpc) is 3.28. The first kappa shape index (κ1) is 21.0. The number of imidazole rings is 1. The molecule has 1 aliphatic heterocycles. The van der Waals surface area contributed by atoms with E-state index < -0.39 is 0 Å². The predicted octanol–water partition coefficient (Wildman–Crippen LogP) is 4.05. The number of likely N-dealkylation sites (tertiary alicyclic amines) is 1. The van der Waals surface area contributed by atoms with Gasteiger partial charge in [0.15, 0.2) is 11.5 Å². The maximum Gasteiger partial charge on any atom is 0.226 e. The van der Waals surface area contributed by atoms with Gasteiger partial charge < -0.3 is 18.9 Å². The van der Waals surface area contributed by atoms with Crippen molar-refractivity contribution in [3.8, 4) is 22.9 Å². The summed E-state index contributed by atoms with van der Waals surface area (Å²) in [6, 6.07) is 15.9. The van der Waals surface area contributed by atoms with Gasteiger partial charge in [-0.3, -0.25) is 4.79 Å².